The summed E-state index contributed by atoms with van der Waals surface area (Å²) in [7, 11) is 0. The molecule has 3 aliphatic heterocycles. The van der Waals surface area contributed by atoms with Crippen molar-refractivity contribution in [2.24, 2.45) is 0 Å². The number of rotatable bonds is 3. The van der Waals surface area contributed by atoms with E-state index in [9.17, 15) is 4.79 Å². The van der Waals surface area contributed by atoms with Crippen LogP contribution in [-0.2, 0) is 9.47 Å². The third kappa shape index (κ3) is 3.38. The number of carbonyl (C=O) groups is 1. The first-order valence-electron chi connectivity index (χ1n) is 8.52. The van der Waals surface area contributed by atoms with Gasteiger partial charge < -0.3 is 19.1 Å². The number of likely N-dealkylation sites (tertiary alicyclic amines) is 1. The lowest BCUT2D eigenvalue weighted by atomic mass is 10.0. The van der Waals surface area contributed by atoms with E-state index in [0.29, 0.717) is 37.7 Å². The number of amides is 1. The number of hydrogen-bond acceptors (Lipinski definition) is 6. The third-order valence-electron chi connectivity index (χ3n) is 4.78. The van der Waals surface area contributed by atoms with Gasteiger partial charge in [-0.25, -0.2) is 4.98 Å². The highest BCUT2D eigenvalue weighted by molar-refractivity contribution is 7.99. The summed E-state index contributed by atoms with van der Waals surface area (Å²) in [5.74, 6) is 2.24. The molecule has 4 heterocycles. The van der Waals surface area contributed by atoms with Crippen molar-refractivity contribution in [1.82, 2.24) is 9.88 Å². The predicted octanol–water partition coefficient (Wildman–Crippen LogP) is 1.95. The van der Waals surface area contributed by atoms with Gasteiger partial charge >= 0.3 is 0 Å². The van der Waals surface area contributed by atoms with Crippen LogP contribution < -0.4 is 4.74 Å². The maximum Gasteiger partial charge on any atom is 0.254 e. The predicted molar refractivity (Wildman–Crippen MR) is 90.4 cm³/mol. The van der Waals surface area contributed by atoms with Gasteiger partial charge in [-0.15, -0.1) is 0 Å². The lowest BCUT2D eigenvalue weighted by Gasteiger charge is -2.37. The lowest BCUT2D eigenvalue weighted by molar-refractivity contribution is -0.181. The fraction of sp³-hybridized carbons (Fsp3) is 0.647. The summed E-state index contributed by atoms with van der Waals surface area (Å²) in [5.41, 5.74) is 0.634. The van der Waals surface area contributed by atoms with Crippen LogP contribution in [-0.4, -0.2) is 65.5 Å². The summed E-state index contributed by atoms with van der Waals surface area (Å²) in [5, 5.41) is 0. The molecular weight excluding hydrogens is 328 g/mol. The van der Waals surface area contributed by atoms with Crippen LogP contribution in [0.3, 0.4) is 0 Å². The molecule has 0 radical (unpaired) electrons. The molecule has 1 unspecified atom stereocenters. The minimum atomic E-state index is -0.455. The van der Waals surface area contributed by atoms with E-state index in [4.69, 9.17) is 14.2 Å². The molecule has 1 atom stereocenters. The molecule has 1 amide bonds. The Morgan fingerprint density at radius 3 is 2.83 bits per heavy atom. The maximum atomic E-state index is 12.7. The fourth-order valence-electron chi connectivity index (χ4n) is 3.40. The molecule has 0 aromatic carbocycles. The van der Waals surface area contributed by atoms with Crippen molar-refractivity contribution in [3.8, 4) is 5.88 Å². The second kappa shape index (κ2) is 6.90. The van der Waals surface area contributed by atoms with Crippen molar-refractivity contribution in [2.45, 2.75) is 31.2 Å². The Hall–Kier alpha value is -1.31. The molecule has 4 rings (SSSR count). The van der Waals surface area contributed by atoms with Crippen LogP contribution >= 0.6 is 11.8 Å². The lowest BCUT2D eigenvalue weighted by Crippen LogP contribution is -2.47. The van der Waals surface area contributed by atoms with Gasteiger partial charge in [-0.3, -0.25) is 4.79 Å². The van der Waals surface area contributed by atoms with Gasteiger partial charge in [-0.1, -0.05) is 0 Å². The highest BCUT2D eigenvalue weighted by atomic mass is 32.2. The average molecular weight is 350 g/mol. The Kier molecular flexibility index (Phi) is 4.65. The van der Waals surface area contributed by atoms with Crippen LogP contribution in [0.25, 0.3) is 0 Å². The summed E-state index contributed by atoms with van der Waals surface area (Å²) in [6, 6.07) is 3.52. The molecule has 0 bridgehead atoms. The van der Waals surface area contributed by atoms with Gasteiger partial charge in [0.1, 0.15) is 6.10 Å². The minimum absolute atomic E-state index is 0.0240. The van der Waals surface area contributed by atoms with Crippen LogP contribution in [0.2, 0.25) is 0 Å². The first kappa shape index (κ1) is 16.2. The molecule has 0 aliphatic carbocycles. The largest absolute Gasteiger partial charge is 0.473 e. The topological polar surface area (TPSA) is 60.9 Å². The molecule has 130 valence electrons. The van der Waals surface area contributed by atoms with Crippen LogP contribution in [0.5, 0.6) is 5.88 Å². The smallest absolute Gasteiger partial charge is 0.254 e. The molecule has 0 N–H and O–H groups in total. The van der Waals surface area contributed by atoms with Crippen molar-refractivity contribution in [3.63, 3.8) is 0 Å². The molecule has 1 aromatic rings. The summed E-state index contributed by atoms with van der Waals surface area (Å²) in [6.45, 7) is 2.60. The van der Waals surface area contributed by atoms with E-state index >= 15 is 0 Å². The van der Waals surface area contributed by atoms with Gasteiger partial charge in [0.15, 0.2) is 5.79 Å². The number of hydrogen-bond donors (Lipinski definition) is 0. The third-order valence-corrected chi connectivity index (χ3v) is 5.91. The van der Waals surface area contributed by atoms with Crippen molar-refractivity contribution in [2.75, 3.05) is 37.8 Å². The number of nitrogens with zero attached hydrogens (tertiary/aromatic N) is 2. The van der Waals surface area contributed by atoms with E-state index in [1.54, 1.807) is 18.3 Å². The molecule has 6 nitrogen and oxygen atoms in total. The molecule has 7 heteroatoms. The highest BCUT2D eigenvalue weighted by Gasteiger charge is 2.40. The SMILES string of the molecule is O=C(c1ccnc(OC2CCSC2)c1)N1CCC2(CC1)OCCO2. The second-order valence-corrected chi connectivity index (χ2v) is 7.54. The monoisotopic (exact) mass is 350 g/mol. The summed E-state index contributed by atoms with van der Waals surface area (Å²) in [6.07, 6.45) is 4.36. The Balaban J connectivity index is 1.39. The van der Waals surface area contributed by atoms with Crippen molar-refractivity contribution < 1.29 is 19.0 Å². The minimum Gasteiger partial charge on any atom is -0.473 e. The molecule has 3 aliphatic rings. The van der Waals surface area contributed by atoms with E-state index < -0.39 is 5.79 Å². The Labute approximate surface area is 145 Å². The first-order valence-corrected chi connectivity index (χ1v) is 9.67. The van der Waals surface area contributed by atoms with E-state index in [0.717, 1.165) is 30.8 Å². The van der Waals surface area contributed by atoms with Gasteiger partial charge in [0.05, 0.1) is 13.2 Å². The highest BCUT2D eigenvalue weighted by Crippen LogP contribution is 2.32. The molecule has 3 fully saturated rings. The first-order chi connectivity index (χ1) is 11.7. The number of piperidine rings is 1. The van der Waals surface area contributed by atoms with Gasteiger partial charge in [0.25, 0.3) is 5.91 Å². The van der Waals surface area contributed by atoms with E-state index in [1.165, 1.54) is 0 Å². The second-order valence-electron chi connectivity index (χ2n) is 6.39. The van der Waals surface area contributed by atoms with Gasteiger partial charge in [0.2, 0.25) is 5.88 Å². The van der Waals surface area contributed by atoms with Gasteiger partial charge in [-0.05, 0) is 18.2 Å². The molecule has 1 spiro atoms. The van der Waals surface area contributed by atoms with Crippen LogP contribution in [0.1, 0.15) is 29.6 Å². The van der Waals surface area contributed by atoms with Crippen molar-refractivity contribution >= 4 is 17.7 Å². The number of ether oxygens (including phenoxy) is 3. The average Bonchev–Trinajstić information content (AvgIpc) is 3.28. The molecular formula is C17H22N2O4S. The Morgan fingerprint density at radius 1 is 1.33 bits per heavy atom. The van der Waals surface area contributed by atoms with Crippen molar-refractivity contribution in [1.29, 1.82) is 0 Å². The van der Waals surface area contributed by atoms with E-state index in [1.807, 2.05) is 16.7 Å². The molecule has 0 saturated carbocycles. The van der Waals surface area contributed by atoms with Crippen molar-refractivity contribution in [3.05, 3.63) is 23.9 Å². The van der Waals surface area contributed by atoms with E-state index in [-0.39, 0.29) is 12.0 Å². The van der Waals surface area contributed by atoms with Gasteiger partial charge in [0, 0.05) is 49.5 Å². The number of thioether (sulfide) groups is 1. The zero-order valence-corrected chi connectivity index (χ0v) is 14.4. The summed E-state index contributed by atoms with van der Waals surface area (Å²) in [4.78, 5) is 18.9. The molecule has 3 saturated heterocycles. The Morgan fingerprint density at radius 2 is 2.12 bits per heavy atom. The van der Waals surface area contributed by atoms with Crippen LogP contribution in [0.15, 0.2) is 18.3 Å². The summed E-state index contributed by atoms with van der Waals surface area (Å²) >= 11 is 1.89. The number of carbonyl (C=O) groups excluding carboxylic acids is 1. The summed E-state index contributed by atoms with van der Waals surface area (Å²) < 4.78 is 17.3. The normalized spacial score (nSPS) is 26.0. The van der Waals surface area contributed by atoms with Gasteiger partial charge in [-0.2, -0.15) is 11.8 Å². The van der Waals surface area contributed by atoms with E-state index in [2.05, 4.69) is 4.98 Å². The maximum absolute atomic E-state index is 12.7. The van der Waals surface area contributed by atoms with Crippen LogP contribution in [0.4, 0.5) is 0 Å². The number of aromatic nitrogens is 1. The zero-order chi connectivity index (χ0) is 16.4. The number of pyridine rings is 1. The fourth-order valence-corrected chi connectivity index (χ4v) is 4.50. The quantitative estimate of drug-likeness (QED) is 0.830. The molecule has 1 aromatic heterocycles. The standard InChI is InChI=1S/C17H22N2O4S/c20-16(19-6-3-17(4-7-19)21-8-9-22-17)13-1-5-18-15(11-13)23-14-2-10-24-12-14/h1,5,11,14H,2-4,6-10,12H2. The molecule has 24 heavy (non-hydrogen) atoms. The Bertz CT molecular complexity index is 590. The zero-order valence-electron chi connectivity index (χ0n) is 13.6. The van der Waals surface area contributed by atoms with Crippen LogP contribution in [0, 0.1) is 0 Å².